The van der Waals surface area contributed by atoms with Gasteiger partial charge in [-0.15, -0.1) is 0 Å². The van der Waals surface area contributed by atoms with Crippen molar-refractivity contribution in [2.24, 2.45) is 0 Å². The summed E-state index contributed by atoms with van der Waals surface area (Å²) in [4.78, 5) is 9.91. The molecule has 0 atom stereocenters. The molecule has 0 bridgehead atoms. The Kier molecular flexibility index (Phi) is 18.8. The Morgan fingerprint density at radius 2 is 0.384 bits per heavy atom. The zero-order valence-electron chi connectivity index (χ0n) is 75.6. The molecule has 22 aromatic carbocycles. The zero-order valence-corrected chi connectivity index (χ0v) is 75.6. The van der Waals surface area contributed by atoms with Gasteiger partial charge in [0, 0.05) is 67.4 Å². The van der Waals surface area contributed by atoms with E-state index in [0.29, 0.717) is 0 Å². The second-order valence-electron chi connectivity index (χ2n) is 36.6. The predicted molar refractivity (Wildman–Crippen MR) is 575 cm³/mol. The summed E-state index contributed by atoms with van der Waals surface area (Å²) in [6, 6.07) is 198. The summed E-state index contributed by atoms with van der Waals surface area (Å²) in [6.07, 6.45) is 0. The molecule has 0 radical (unpaired) electrons. The van der Waals surface area contributed by atoms with Crippen LogP contribution in [0.25, 0.3) is 134 Å². The van der Waals surface area contributed by atoms with E-state index in [4.69, 9.17) is 0 Å². The molecular weight excluding hydrogens is 1670 g/mol. The number of benzene rings is 22. The van der Waals surface area contributed by atoms with Gasteiger partial charge in [-0.25, -0.2) is 0 Å². The van der Waals surface area contributed by atoms with Crippen LogP contribution in [0.1, 0.15) is 44.5 Å². The number of fused-ring (bicyclic) bond motifs is 34. The van der Waals surface area contributed by atoms with Crippen LogP contribution in [-0.4, -0.2) is 0 Å². The highest BCUT2D eigenvalue weighted by atomic mass is 15.2. The van der Waals surface area contributed by atoms with Gasteiger partial charge in [0.05, 0.1) is 50.6 Å². The van der Waals surface area contributed by atoms with E-state index in [9.17, 15) is 0 Å². The minimum absolute atomic E-state index is 0.603. The van der Waals surface area contributed by atoms with E-state index in [0.717, 1.165) is 73.8 Å². The smallest absolute Gasteiger partial charge is 0.0726 e. The summed E-state index contributed by atoms with van der Waals surface area (Å²) in [6.45, 7) is 0. The Morgan fingerprint density at radius 1 is 0.138 bits per heavy atom. The summed E-state index contributed by atoms with van der Waals surface area (Å²) in [5, 5.41) is 0. The lowest BCUT2D eigenvalue weighted by Gasteiger charge is -2.36. The lowest BCUT2D eigenvalue weighted by Crippen LogP contribution is -2.29. The van der Waals surface area contributed by atoms with Gasteiger partial charge in [-0.1, -0.05) is 431 Å². The summed E-state index contributed by atoms with van der Waals surface area (Å²) in [5.41, 5.74) is 51.9. The fourth-order valence-corrected chi connectivity index (χ4v) is 24.1. The molecule has 0 saturated carbocycles. The summed E-state index contributed by atoms with van der Waals surface area (Å²) < 4.78 is 0. The number of nitrogens with zero attached hydrogens (tertiary/aromatic N) is 4. The quantitative estimate of drug-likeness (QED) is 0.135. The van der Waals surface area contributed by atoms with Gasteiger partial charge < -0.3 is 19.6 Å². The third-order valence-corrected chi connectivity index (χ3v) is 29.7. The normalized spacial score (nSPS) is 13.0. The summed E-state index contributed by atoms with van der Waals surface area (Å²) in [7, 11) is 0. The van der Waals surface area contributed by atoms with Crippen LogP contribution < -0.4 is 19.6 Å². The highest BCUT2D eigenvalue weighted by molar-refractivity contribution is 6.10. The first-order valence-corrected chi connectivity index (χ1v) is 47.9. The number of para-hydroxylation sites is 7. The van der Waals surface area contributed by atoms with Crippen molar-refractivity contribution in [1.82, 2.24) is 0 Å². The average molecular weight is 1750 g/mol. The molecule has 4 aliphatic carbocycles. The molecule has 4 heteroatoms. The lowest BCUT2D eigenvalue weighted by molar-refractivity contribution is 0.775. The van der Waals surface area contributed by atoms with E-state index in [-0.39, 0.29) is 0 Å². The average Bonchev–Trinajstić information content (AvgIpc) is 1.52. The molecule has 0 N–H and O–H groups in total. The van der Waals surface area contributed by atoms with Gasteiger partial charge in [0.25, 0.3) is 0 Å². The third kappa shape index (κ3) is 12.1. The molecule has 0 aromatic heterocycles. The van der Waals surface area contributed by atoms with Crippen molar-refractivity contribution in [3.63, 3.8) is 0 Å². The van der Waals surface area contributed by atoms with Crippen LogP contribution in [0.5, 0.6) is 0 Å². The highest BCUT2D eigenvalue weighted by Gasteiger charge is 2.53. The Labute approximate surface area is 804 Å². The first kappa shape index (κ1) is 79.8. The van der Waals surface area contributed by atoms with Crippen LogP contribution >= 0.6 is 0 Å². The molecule has 2 spiro atoms. The standard InChI is InChI=1S/2C67H44N2/c1-3-22-45(23-4-1)48-26-12-18-38-62(48)69(47-42-43-51-54-31-13-19-39-63(54)68(46-24-5-2-6-25-46)64-40-20-14-32-55(64)57(51)44-47)65-41-21-37-61-66(65)56-33-11-17-36-60(56)67(61)58-34-15-9-29-52(58)49-27-7-8-28-50(49)53-30-10-16-35-59(53)67;1-3-20-45(21-4-1)46-38-40-48(41-39-46)68(49-42-43-52-55-28-12-17-35-63(55)69(47-22-5-2-6-23-47)64-36-18-13-29-56(64)58(52)44-49)65-37-19-34-62-66(65)57-30-11-16-33-61(57)67(62)59-31-14-9-26-53(59)50-24-7-8-25-51(50)54-27-10-15-32-60(54)67/h2*1-44H. The number of anilines is 12. The molecule has 4 nitrogen and oxygen atoms in total. The summed E-state index contributed by atoms with van der Waals surface area (Å²) >= 11 is 0. The van der Waals surface area contributed by atoms with Crippen LogP contribution in [0, 0.1) is 0 Å². The molecule has 2 heterocycles. The van der Waals surface area contributed by atoms with E-state index in [1.54, 1.807) is 0 Å². The second-order valence-corrected chi connectivity index (χ2v) is 36.6. The Bertz CT molecular complexity index is 8480. The van der Waals surface area contributed by atoms with Gasteiger partial charge in [-0.3, -0.25) is 0 Å². The Morgan fingerprint density at radius 3 is 0.768 bits per heavy atom. The molecule has 0 fully saturated rings. The molecule has 138 heavy (non-hydrogen) atoms. The second kappa shape index (κ2) is 32.5. The molecule has 2 aliphatic heterocycles. The topological polar surface area (TPSA) is 13.0 Å². The molecule has 22 aromatic rings. The maximum absolute atomic E-state index is 2.55. The van der Waals surface area contributed by atoms with Crippen LogP contribution in [0.2, 0.25) is 0 Å². The first-order valence-electron chi connectivity index (χ1n) is 47.9. The monoisotopic (exact) mass is 1750 g/mol. The van der Waals surface area contributed by atoms with Crippen molar-refractivity contribution in [3.05, 3.63) is 578 Å². The SMILES string of the molecule is c1ccc(-c2ccc(N(c3ccc4c(c3)-c3ccccc3N(c3ccccc3)c3ccccc3-4)c3cccc4c3-c3ccccc3C43c4ccccc4-c4ccccc4-c4ccccc43)cc2)cc1.c1ccc(-c2ccccc2N(c2ccc3c(c2)-c2ccccc2N(c2ccccc2)c2ccccc2-3)c2cccc3c2-c2ccccc2C32c3ccccc3-c3ccccc3-c3ccccc32)cc1. The maximum Gasteiger partial charge on any atom is 0.0726 e. The van der Waals surface area contributed by atoms with Crippen LogP contribution in [-0.2, 0) is 10.8 Å². The maximum atomic E-state index is 2.55. The minimum Gasteiger partial charge on any atom is -0.310 e. The Balaban J connectivity index is 0.000000139. The minimum atomic E-state index is -0.615. The van der Waals surface area contributed by atoms with Gasteiger partial charge in [0.1, 0.15) is 0 Å². The van der Waals surface area contributed by atoms with Crippen LogP contribution in [0.3, 0.4) is 0 Å². The van der Waals surface area contributed by atoms with Crippen molar-refractivity contribution in [2.75, 3.05) is 19.6 Å². The van der Waals surface area contributed by atoms with Gasteiger partial charge >= 0.3 is 0 Å². The van der Waals surface area contributed by atoms with Crippen LogP contribution in [0.4, 0.5) is 68.2 Å². The zero-order chi connectivity index (χ0) is 90.9. The van der Waals surface area contributed by atoms with Gasteiger partial charge in [0.15, 0.2) is 0 Å². The van der Waals surface area contributed by atoms with Crippen molar-refractivity contribution in [3.8, 4) is 134 Å². The Hall–Kier alpha value is -18.0. The van der Waals surface area contributed by atoms with E-state index >= 15 is 0 Å². The van der Waals surface area contributed by atoms with Gasteiger partial charge in [-0.2, -0.15) is 0 Å². The molecule has 0 amide bonds. The molecule has 0 saturated heterocycles. The van der Waals surface area contributed by atoms with E-state index < -0.39 is 10.8 Å². The largest absolute Gasteiger partial charge is 0.310 e. The van der Waals surface area contributed by atoms with E-state index in [1.807, 2.05) is 0 Å². The summed E-state index contributed by atoms with van der Waals surface area (Å²) in [5.74, 6) is 0. The first-order chi connectivity index (χ1) is 68.6. The fourth-order valence-electron chi connectivity index (χ4n) is 24.1. The van der Waals surface area contributed by atoms with Gasteiger partial charge in [-0.05, 0) is 242 Å². The van der Waals surface area contributed by atoms with E-state index in [1.165, 1.54) is 172 Å². The number of rotatable bonds is 10. The highest BCUT2D eigenvalue weighted by Crippen LogP contribution is 2.68. The fraction of sp³-hybridized carbons (Fsp3) is 0.0149. The predicted octanol–water partition coefficient (Wildman–Crippen LogP) is 35.9. The molecule has 0 unspecified atom stereocenters. The third-order valence-electron chi connectivity index (χ3n) is 29.7. The molecular formula is C134H88N4. The number of hydrogen-bond acceptors (Lipinski definition) is 4. The van der Waals surface area contributed by atoms with Crippen molar-refractivity contribution < 1.29 is 0 Å². The molecule has 28 rings (SSSR count). The number of hydrogen-bond donors (Lipinski definition) is 0. The van der Waals surface area contributed by atoms with E-state index in [2.05, 4.69) is 553 Å². The molecule has 6 aliphatic rings. The van der Waals surface area contributed by atoms with Crippen LogP contribution in [0.15, 0.2) is 534 Å². The van der Waals surface area contributed by atoms with Crippen molar-refractivity contribution >= 4 is 68.2 Å². The lowest BCUT2D eigenvalue weighted by atomic mass is 9.66. The van der Waals surface area contributed by atoms with Crippen molar-refractivity contribution in [2.45, 2.75) is 10.8 Å². The van der Waals surface area contributed by atoms with Crippen molar-refractivity contribution in [1.29, 1.82) is 0 Å². The van der Waals surface area contributed by atoms with Gasteiger partial charge in [0.2, 0.25) is 0 Å². The molecule has 644 valence electrons.